The largest absolute Gasteiger partial charge is 0.379 e. The molecule has 2 heterocycles. The number of carbonyl (C=O) groups excluding carboxylic acids is 1. The lowest BCUT2D eigenvalue weighted by molar-refractivity contribution is -0.132. The molecule has 0 aromatic carbocycles. The first-order valence-electron chi connectivity index (χ1n) is 9.88. The molecule has 1 aromatic heterocycles. The van der Waals surface area contributed by atoms with Crippen molar-refractivity contribution in [2.45, 2.75) is 52.0 Å². The molecule has 1 fully saturated rings. The van der Waals surface area contributed by atoms with E-state index in [9.17, 15) is 4.79 Å². The summed E-state index contributed by atoms with van der Waals surface area (Å²) in [5.74, 6) is 0.305. The maximum atomic E-state index is 12.7. The molecule has 2 rings (SSSR count). The van der Waals surface area contributed by atoms with Crippen LogP contribution in [-0.4, -0.2) is 59.7 Å². The average molecular weight is 350 g/mol. The first kappa shape index (κ1) is 20.0. The number of rotatable bonds is 11. The van der Waals surface area contributed by atoms with Gasteiger partial charge in [0.05, 0.1) is 19.8 Å². The standard InChI is InChI=1S/C20H35N3O2/c1-3-4-5-6-10-20(24)23(18-19-9-7-11-21(19)2)13-8-12-22-14-16-25-17-15-22/h7,9,11H,3-6,8,10,12-18H2,1-2H3. The van der Waals surface area contributed by atoms with Crippen LogP contribution in [-0.2, 0) is 23.1 Å². The molecule has 1 aliphatic rings. The van der Waals surface area contributed by atoms with Gasteiger partial charge in [0.25, 0.3) is 0 Å². The van der Waals surface area contributed by atoms with E-state index >= 15 is 0 Å². The van der Waals surface area contributed by atoms with Crippen LogP contribution in [0.3, 0.4) is 0 Å². The Balaban J connectivity index is 1.82. The smallest absolute Gasteiger partial charge is 0.222 e. The quantitative estimate of drug-likeness (QED) is 0.576. The predicted octanol–water partition coefficient (Wildman–Crippen LogP) is 3.05. The number of hydrogen-bond donors (Lipinski definition) is 0. The molecule has 142 valence electrons. The van der Waals surface area contributed by atoms with Gasteiger partial charge in [-0.2, -0.15) is 0 Å². The zero-order chi connectivity index (χ0) is 17.9. The highest BCUT2D eigenvalue weighted by Gasteiger charge is 2.16. The number of aryl methyl sites for hydroxylation is 1. The molecule has 5 nitrogen and oxygen atoms in total. The molecular weight excluding hydrogens is 314 g/mol. The Morgan fingerprint density at radius 1 is 1.20 bits per heavy atom. The van der Waals surface area contributed by atoms with Gasteiger partial charge < -0.3 is 14.2 Å². The summed E-state index contributed by atoms with van der Waals surface area (Å²) in [7, 11) is 2.05. The highest BCUT2D eigenvalue weighted by Crippen LogP contribution is 2.11. The van der Waals surface area contributed by atoms with Gasteiger partial charge in [-0.25, -0.2) is 0 Å². The van der Waals surface area contributed by atoms with Crippen LogP contribution in [0, 0.1) is 0 Å². The van der Waals surface area contributed by atoms with Crippen LogP contribution in [0.15, 0.2) is 18.3 Å². The minimum Gasteiger partial charge on any atom is -0.379 e. The molecule has 0 bridgehead atoms. The average Bonchev–Trinajstić information content (AvgIpc) is 3.03. The Kier molecular flexibility index (Phi) is 9.05. The second-order valence-electron chi connectivity index (χ2n) is 7.04. The summed E-state index contributed by atoms with van der Waals surface area (Å²) in [6.45, 7) is 8.53. The summed E-state index contributed by atoms with van der Waals surface area (Å²) in [5.41, 5.74) is 1.20. The van der Waals surface area contributed by atoms with Gasteiger partial charge in [0.15, 0.2) is 0 Å². The van der Waals surface area contributed by atoms with E-state index in [4.69, 9.17) is 4.74 Å². The fourth-order valence-corrected chi connectivity index (χ4v) is 3.32. The van der Waals surface area contributed by atoms with E-state index in [1.807, 2.05) is 19.3 Å². The summed E-state index contributed by atoms with van der Waals surface area (Å²) in [4.78, 5) is 17.2. The number of morpholine rings is 1. The van der Waals surface area contributed by atoms with Gasteiger partial charge in [0.1, 0.15) is 0 Å². The molecule has 25 heavy (non-hydrogen) atoms. The van der Waals surface area contributed by atoms with Crippen molar-refractivity contribution in [3.8, 4) is 0 Å². The molecular formula is C20H35N3O2. The molecule has 1 aromatic rings. The van der Waals surface area contributed by atoms with Crippen LogP contribution < -0.4 is 0 Å². The van der Waals surface area contributed by atoms with E-state index in [0.29, 0.717) is 12.3 Å². The summed E-state index contributed by atoms with van der Waals surface area (Å²) in [6.07, 6.45) is 8.37. The van der Waals surface area contributed by atoms with E-state index in [1.165, 1.54) is 18.5 Å². The third-order valence-electron chi connectivity index (χ3n) is 5.01. The fraction of sp³-hybridized carbons (Fsp3) is 0.750. The first-order chi connectivity index (χ1) is 12.2. The molecule has 0 atom stereocenters. The van der Waals surface area contributed by atoms with Gasteiger partial charge in [-0.05, 0) is 25.0 Å². The van der Waals surface area contributed by atoms with E-state index in [2.05, 4.69) is 27.4 Å². The Hall–Kier alpha value is -1.33. The molecule has 0 N–H and O–H groups in total. The number of aromatic nitrogens is 1. The van der Waals surface area contributed by atoms with E-state index in [1.54, 1.807) is 0 Å². The lowest BCUT2D eigenvalue weighted by Gasteiger charge is -2.28. The lowest BCUT2D eigenvalue weighted by atomic mass is 10.1. The van der Waals surface area contributed by atoms with Crippen molar-refractivity contribution in [1.29, 1.82) is 0 Å². The van der Waals surface area contributed by atoms with Crippen molar-refractivity contribution in [3.05, 3.63) is 24.0 Å². The Morgan fingerprint density at radius 2 is 2.00 bits per heavy atom. The molecule has 1 aliphatic heterocycles. The van der Waals surface area contributed by atoms with Crippen molar-refractivity contribution < 1.29 is 9.53 Å². The molecule has 0 unspecified atom stereocenters. The highest BCUT2D eigenvalue weighted by molar-refractivity contribution is 5.76. The fourth-order valence-electron chi connectivity index (χ4n) is 3.32. The van der Waals surface area contributed by atoms with E-state index in [-0.39, 0.29) is 0 Å². The van der Waals surface area contributed by atoms with Crippen molar-refractivity contribution in [3.63, 3.8) is 0 Å². The number of nitrogens with zero attached hydrogens (tertiary/aromatic N) is 3. The minimum absolute atomic E-state index is 0.305. The highest BCUT2D eigenvalue weighted by atomic mass is 16.5. The molecule has 0 radical (unpaired) electrons. The maximum Gasteiger partial charge on any atom is 0.222 e. The summed E-state index contributed by atoms with van der Waals surface area (Å²) in [5, 5.41) is 0. The number of hydrogen-bond acceptors (Lipinski definition) is 3. The summed E-state index contributed by atoms with van der Waals surface area (Å²) < 4.78 is 7.51. The molecule has 1 saturated heterocycles. The number of amides is 1. The second-order valence-corrected chi connectivity index (χ2v) is 7.04. The third kappa shape index (κ3) is 7.20. The van der Waals surface area contributed by atoms with Gasteiger partial charge in [-0.1, -0.05) is 26.2 Å². The topological polar surface area (TPSA) is 37.7 Å². The van der Waals surface area contributed by atoms with Crippen LogP contribution in [0.4, 0.5) is 0 Å². The SMILES string of the molecule is CCCCCCC(=O)N(CCCN1CCOCC1)Cc1cccn1C. The third-order valence-corrected chi connectivity index (χ3v) is 5.01. The van der Waals surface area contributed by atoms with Crippen molar-refractivity contribution in [2.75, 3.05) is 39.4 Å². The molecule has 1 amide bonds. The zero-order valence-electron chi connectivity index (χ0n) is 16.1. The van der Waals surface area contributed by atoms with E-state index in [0.717, 1.165) is 65.2 Å². The number of unbranched alkanes of at least 4 members (excludes halogenated alkanes) is 3. The van der Waals surface area contributed by atoms with Crippen LogP contribution in [0.2, 0.25) is 0 Å². The minimum atomic E-state index is 0.305. The van der Waals surface area contributed by atoms with Crippen molar-refractivity contribution in [1.82, 2.24) is 14.4 Å². The number of carbonyl (C=O) groups is 1. The number of ether oxygens (including phenoxy) is 1. The van der Waals surface area contributed by atoms with Crippen LogP contribution >= 0.6 is 0 Å². The van der Waals surface area contributed by atoms with Gasteiger partial charge >= 0.3 is 0 Å². The summed E-state index contributed by atoms with van der Waals surface area (Å²) >= 11 is 0. The Morgan fingerprint density at radius 3 is 2.68 bits per heavy atom. The summed E-state index contributed by atoms with van der Waals surface area (Å²) in [6, 6.07) is 4.16. The van der Waals surface area contributed by atoms with Gasteiger partial charge in [0, 0.05) is 51.5 Å². The normalized spacial score (nSPS) is 15.4. The Labute approximate surface area is 152 Å². The molecule has 0 aliphatic carbocycles. The van der Waals surface area contributed by atoms with Crippen LogP contribution in [0.1, 0.15) is 51.1 Å². The first-order valence-corrected chi connectivity index (χ1v) is 9.88. The molecule has 0 spiro atoms. The van der Waals surface area contributed by atoms with Gasteiger partial charge in [-0.3, -0.25) is 9.69 Å². The van der Waals surface area contributed by atoms with Crippen molar-refractivity contribution in [2.24, 2.45) is 7.05 Å². The lowest BCUT2D eigenvalue weighted by Crippen LogP contribution is -2.39. The zero-order valence-corrected chi connectivity index (χ0v) is 16.1. The Bertz CT molecular complexity index is 495. The second kappa shape index (κ2) is 11.3. The van der Waals surface area contributed by atoms with Crippen LogP contribution in [0.25, 0.3) is 0 Å². The van der Waals surface area contributed by atoms with Crippen LogP contribution in [0.5, 0.6) is 0 Å². The van der Waals surface area contributed by atoms with Crippen molar-refractivity contribution >= 4 is 5.91 Å². The van der Waals surface area contributed by atoms with Gasteiger partial charge in [-0.15, -0.1) is 0 Å². The van der Waals surface area contributed by atoms with E-state index < -0.39 is 0 Å². The molecule has 0 saturated carbocycles. The molecule has 5 heteroatoms. The van der Waals surface area contributed by atoms with Gasteiger partial charge in [0.2, 0.25) is 5.91 Å². The predicted molar refractivity (Wildman–Crippen MR) is 101 cm³/mol. The monoisotopic (exact) mass is 349 g/mol. The maximum absolute atomic E-state index is 12.7.